The maximum Gasteiger partial charge on any atom is 0.217 e. The SMILES string of the molecule is CC(=O)NC(C)c1ccc(-c2ccc(OC(C)C)nc2)cc1. The number of amides is 1. The summed E-state index contributed by atoms with van der Waals surface area (Å²) in [7, 11) is 0. The lowest BCUT2D eigenvalue weighted by molar-refractivity contribution is -0.119. The van der Waals surface area contributed by atoms with Crippen LogP contribution in [0.2, 0.25) is 0 Å². The Morgan fingerprint density at radius 3 is 2.18 bits per heavy atom. The van der Waals surface area contributed by atoms with Gasteiger partial charge in [0.05, 0.1) is 12.1 Å². The van der Waals surface area contributed by atoms with Gasteiger partial charge in [-0.3, -0.25) is 4.79 Å². The van der Waals surface area contributed by atoms with Crippen molar-refractivity contribution in [2.75, 3.05) is 0 Å². The lowest BCUT2D eigenvalue weighted by Gasteiger charge is -2.13. The van der Waals surface area contributed by atoms with Crippen LogP contribution >= 0.6 is 0 Å². The first-order valence-electron chi connectivity index (χ1n) is 7.46. The first-order chi connectivity index (χ1) is 10.5. The van der Waals surface area contributed by atoms with E-state index in [9.17, 15) is 4.79 Å². The van der Waals surface area contributed by atoms with Crippen LogP contribution in [0.3, 0.4) is 0 Å². The molecule has 0 fully saturated rings. The summed E-state index contributed by atoms with van der Waals surface area (Å²) >= 11 is 0. The summed E-state index contributed by atoms with van der Waals surface area (Å²) in [5.74, 6) is 0.608. The van der Waals surface area contributed by atoms with Gasteiger partial charge in [-0.05, 0) is 38.0 Å². The van der Waals surface area contributed by atoms with E-state index in [1.54, 1.807) is 0 Å². The van der Waals surface area contributed by atoms with Gasteiger partial charge < -0.3 is 10.1 Å². The Kier molecular flexibility index (Phi) is 5.15. The second kappa shape index (κ2) is 7.07. The van der Waals surface area contributed by atoms with Crippen molar-refractivity contribution in [3.8, 4) is 17.0 Å². The standard InChI is InChI=1S/C18H22N2O2/c1-12(2)22-18-10-9-17(11-19-18)16-7-5-15(6-8-16)13(3)20-14(4)21/h5-13H,1-4H3,(H,20,21). The van der Waals surface area contributed by atoms with Crippen molar-refractivity contribution in [2.45, 2.75) is 39.8 Å². The van der Waals surface area contributed by atoms with Crippen LogP contribution in [0.25, 0.3) is 11.1 Å². The Morgan fingerprint density at radius 1 is 1.05 bits per heavy atom. The number of nitrogens with one attached hydrogen (secondary N) is 1. The van der Waals surface area contributed by atoms with Crippen molar-refractivity contribution < 1.29 is 9.53 Å². The minimum Gasteiger partial charge on any atom is -0.475 e. The van der Waals surface area contributed by atoms with E-state index in [2.05, 4.69) is 10.3 Å². The van der Waals surface area contributed by atoms with Crippen molar-refractivity contribution in [2.24, 2.45) is 0 Å². The van der Waals surface area contributed by atoms with Crippen LogP contribution in [0.1, 0.15) is 39.3 Å². The van der Waals surface area contributed by atoms with Crippen molar-refractivity contribution in [1.29, 1.82) is 0 Å². The Morgan fingerprint density at radius 2 is 1.68 bits per heavy atom. The average molecular weight is 298 g/mol. The molecule has 0 aliphatic rings. The highest BCUT2D eigenvalue weighted by Crippen LogP contribution is 2.23. The van der Waals surface area contributed by atoms with Gasteiger partial charge in [0.2, 0.25) is 11.8 Å². The fraction of sp³-hybridized carbons (Fsp3) is 0.333. The molecule has 2 rings (SSSR count). The van der Waals surface area contributed by atoms with Crippen molar-refractivity contribution >= 4 is 5.91 Å². The monoisotopic (exact) mass is 298 g/mol. The highest BCUT2D eigenvalue weighted by Gasteiger charge is 2.07. The van der Waals surface area contributed by atoms with Gasteiger partial charge in [0, 0.05) is 24.8 Å². The number of ether oxygens (including phenoxy) is 1. The molecule has 1 N–H and O–H groups in total. The Hall–Kier alpha value is -2.36. The van der Waals surface area contributed by atoms with E-state index >= 15 is 0 Å². The highest BCUT2D eigenvalue weighted by atomic mass is 16.5. The molecule has 0 saturated heterocycles. The summed E-state index contributed by atoms with van der Waals surface area (Å²) in [6.07, 6.45) is 1.93. The number of benzene rings is 1. The largest absolute Gasteiger partial charge is 0.475 e. The molecule has 0 aliphatic carbocycles. The number of carbonyl (C=O) groups excluding carboxylic acids is 1. The summed E-state index contributed by atoms with van der Waals surface area (Å²) in [5.41, 5.74) is 3.20. The van der Waals surface area contributed by atoms with E-state index in [4.69, 9.17) is 4.74 Å². The lowest BCUT2D eigenvalue weighted by atomic mass is 10.0. The van der Waals surface area contributed by atoms with Crippen LogP contribution in [0.5, 0.6) is 5.88 Å². The molecule has 1 heterocycles. The van der Waals surface area contributed by atoms with Crippen LogP contribution in [0, 0.1) is 0 Å². The minimum absolute atomic E-state index is 0.00601. The van der Waals surface area contributed by atoms with E-state index in [1.165, 1.54) is 6.92 Å². The van der Waals surface area contributed by atoms with Crippen LogP contribution in [-0.2, 0) is 4.79 Å². The third-order valence-electron chi connectivity index (χ3n) is 3.26. The smallest absolute Gasteiger partial charge is 0.217 e. The summed E-state index contributed by atoms with van der Waals surface area (Å²) < 4.78 is 5.54. The van der Waals surface area contributed by atoms with Gasteiger partial charge in [0.25, 0.3) is 0 Å². The molecule has 116 valence electrons. The number of aromatic nitrogens is 1. The molecule has 1 unspecified atom stereocenters. The molecule has 1 aromatic carbocycles. The molecule has 4 nitrogen and oxygen atoms in total. The highest BCUT2D eigenvalue weighted by molar-refractivity contribution is 5.73. The summed E-state index contributed by atoms with van der Waals surface area (Å²) in [4.78, 5) is 15.4. The molecule has 0 aliphatic heterocycles. The zero-order valence-corrected chi connectivity index (χ0v) is 13.5. The van der Waals surface area contributed by atoms with Gasteiger partial charge in [-0.2, -0.15) is 0 Å². The van der Waals surface area contributed by atoms with Gasteiger partial charge in [0.15, 0.2) is 0 Å². The van der Waals surface area contributed by atoms with Crippen molar-refractivity contribution in [3.63, 3.8) is 0 Å². The molecule has 1 amide bonds. The predicted octanol–water partition coefficient (Wildman–Crippen LogP) is 3.73. The van der Waals surface area contributed by atoms with E-state index in [0.717, 1.165) is 16.7 Å². The summed E-state index contributed by atoms with van der Waals surface area (Å²) in [6.45, 7) is 7.45. The van der Waals surface area contributed by atoms with E-state index < -0.39 is 0 Å². The van der Waals surface area contributed by atoms with Crippen LogP contribution < -0.4 is 10.1 Å². The van der Waals surface area contributed by atoms with E-state index in [0.29, 0.717) is 5.88 Å². The van der Waals surface area contributed by atoms with Crippen LogP contribution in [-0.4, -0.2) is 17.0 Å². The van der Waals surface area contributed by atoms with Crippen LogP contribution in [0.4, 0.5) is 0 Å². The summed E-state index contributed by atoms with van der Waals surface area (Å²) in [5, 5.41) is 2.88. The molecule has 1 atom stereocenters. The first kappa shape index (κ1) is 16.0. The average Bonchev–Trinajstić information content (AvgIpc) is 2.47. The second-order valence-corrected chi connectivity index (χ2v) is 5.60. The van der Waals surface area contributed by atoms with Crippen molar-refractivity contribution in [3.05, 3.63) is 48.2 Å². The van der Waals surface area contributed by atoms with Gasteiger partial charge in [-0.25, -0.2) is 4.98 Å². The summed E-state index contributed by atoms with van der Waals surface area (Å²) in [6, 6.07) is 12.0. The second-order valence-electron chi connectivity index (χ2n) is 5.60. The molecule has 2 aromatic rings. The van der Waals surface area contributed by atoms with Crippen LogP contribution in [0.15, 0.2) is 42.6 Å². The number of rotatable bonds is 5. The number of nitrogens with zero attached hydrogens (tertiary/aromatic N) is 1. The molecule has 0 saturated carbocycles. The van der Waals surface area contributed by atoms with Gasteiger partial charge in [-0.15, -0.1) is 0 Å². The Balaban J connectivity index is 2.11. The molecule has 0 spiro atoms. The maximum atomic E-state index is 11.1. The Bertz CT molecular complexity index is 619. The quantitative estimate of drug-likeness (QED) is 0.915. The molecule has 1 aromatic heterocycles. The fourth-order valence-corrected chi connectivity index (χ4v) is 2.21. The molecular weight excluding hydrogens is 276 g/mol. The van der Waals surface area contributed by atoms with E-state index in [-0.39, 0.29) is 18.1 Å². The Labute approximate surface area is 131 Å². The normalized spacial score (nSPS) is 12.0. The fourth-order valence-electron chi connectivity index (χ4n) is 2.21. The van der Waals surface area contributed by atoms with Crippen molar-refractivity contribution in [1.82, 2.24) is 10.3 Å². The van der Waals surface area contributed by atoms with Gasteiger partial charge in [-0.1, -0.05) is 24.3 Å². The molecule has 22 heavy (non-hydrogen) atoms. The lowest BCUT2D eigenvalue weighted by Crippen LogP contribution is -2.23. The van der Waals surface area contributed by atoms with Gasteiger partial charge >= 0.3 is 0 Å². The predicted molar refractivity (Wildman–Crippen MR) is 87.7 cm³/mol. The number of carbonyl (C=O) groups is 1. The van der Waals surface area contributed by atoms with E-state index in [1.807, 2.05) is 63.4 Å². The molecule has 4 heteroatoms. The molecule has 0 radical (unpaired) electrons. The zero-order valence-electron chi connectivity index (χ0n) is 13.5. The number of hydrogen-bond donors (Lipinski definition) is 1. The number of pyridine rings is 1. The third kappa shape index (κ3) is 4.32. The molecule has 0 bridgehead atoms. The molecular formula is C18H22N2O2. The topological polar surface area (TPSA) is 51.2 Å². The maximum absolute atomic E-state index is 11.1. The minimum atomic E-state index is -0.0264. The first-order valence-corrected chi connectivity index (χ1v) is 7.46. The van der Waals surface area contributed by atoms with Gasteiger partial charge in [0.1, 0.15) is 0 Å². The third-order valence-corrected chi connectivity index (χ3v) is 3.26. The number of hydrogen-bond acceptors (Lipinski definition) is 3. The zero-order chi connectivity index (χ0) is 16.1.